The maximum atomic E-state index is 4.12. The summed E-state index contributed by atoms with van der Waals surface area (Å²) in [5.41, 5.74) is 0. The van der Waals surface area contributed by atoms with Gasteiger partial charge in [0.05, 0.1) is 0 Å². The van der Waals surface area contributed by atoms with Crippen LogP contribution in [0.4, 0.5) is 0 Å². The van der Waals surface area contributed by atoms with Gasteiger partial charge in [-0.2, -0.15) is 11.8 Å². The minimum absolute atomic E-state index is 0.893. The monoisotopic (exact) mass is 214 g/mol. The fourth-order valence-electron chi connectivity index (χ4n) is 1.64. The molecule has 2 rings (SSSR count). The van der Waals surface area contributed by atoms with Crippen LogP contribution in [0.2, 0.25) is 0 Å². The SMILES string of the molecule is Cc1nnc(CSC2CCCC2)s1. The van der Waals surface area contributed by atoms with Crippen molar-refractivity contribution >= 4 is 23.1 Å². The van der Waals surface area contributed by atoms with Gasteiger partial charge in [0.25, 0.3) is 0 Å². The predicted molar refractivity (Wildman–Crippen MR) is 58.2 cm³/mol. The fourth-order valence-corrected chi connectivity index (χ4v) is 3.69. The predicted octanol–water partition coefficient (Wildman–Crippen LogP) is 3.02. The van der Waals surface area contributed by atoms with Crippen molar-refractivity contribution in [3.63, 3.8) is 0 Å². The van der Waals surface area contributed by atoms with Crippen LogP contribution in [0.3, 0.4) is 0 Å². The highest BCUT2D eigenvalue weighted by Crippen LogP contribution is 2.31. The van der Waals surface area contributed by atoms with E-state index in [9.17, 15) is 0 Å². The Kier molecular flexibility index (Phi) is 3.22. The van der Waals surface area contributed by atoms with E-state index in [1.54, 1.807) is 11.3 Å². The second-order valence-electron chi connectivity index (χ2n) is 3.43. The van der Waals surface area contributed by atoms with Crippen molar-refractivity contribution in [2.75, 3.05) is 0 Å². The van der Waals surface area contributed by atoms with Crippen molar-refractivity contribution in [2.45, 2.75) is 43.6 Å². The molecule has 2 nitrogen and oxygen atoms in total. The van der Waals surface area contributed by atoms with E-state index in [2.05, 4.69) is 22.0 Å². The maximum Gasteiger partial charge on any atom is 0.127 e. The molecule has 0 spiro atoms. The van der Waals surface area contributed by atoms with Crippen molar-refractivity contribution in [2.24, 2.45) is 0 Å². The summed E-state index contributed by atoms with van der Waals surface area (Å²) in [7, 11) is 0. The van der Waals surface area contributed by atoms with E-state index >= 15 is 0 Å². The average Bonchev–Trinajstić information content (AvgIpc) is 2.71. The van der Waals surface area contributed by atoms with Gasteiger partial charge in [0.2, 0.25) is 0 Å². The molecule has 1 aliphatic carbocycles. The molecule has 1 aromatic heterocycles. The summed E-state index contributed by atoms with van der Waals surface area (Å²) in [6.07, 6.45) is 5.66. The molecule has 0 radical (unpaired) electrons. The summed E-state index contributed by atoms with van der Waals surface area (Å²) in [4.78, 5) is 0. The lowest BCUT2D eigenvalue weighted by Gasteiger charge is -2.05. The molecule has 1 aliphatic rings. The van der Waals surface area contributed by atoms with E-state index in [0.29, 0.717) is 0 Å². The highest BCUT2D eigenvalue weighted by molar-refractivity contribution is 7.99. The highest BCUT2D eigenvalue weighted by atomic mass is 32.2. The molecule has 1 aromatic rings. The van der Waals surface area contributed by atoms with Crippen LogP contribution >= 0.6 is 23.1 Å². The number of thioether (sulfide) groups is 1. The topological polar surface area (TPSA) is 25.8 Å². The van der Waals surface area contributed by atoms with Gasteiger partial charge in [-0.1, -0.05) is 12.8 Å². The van der Waals surface area contributed by atoms with E-state index in [4.69, 9.17) is 0 Å². The molecule has 0 aliphatic heterocycles. The van der Waals surface area contributed by atoms with Crippen LogP contribution in [0.1, 0.15) is 35.7 Å². The third kappa shape index (κ3) is 2.68. The van der Waals surface area contributed by atoms with Gasteiger partial charge < -0.3 is 0 Å². The van der Waals surface area contributed by atoms with Gasteiger partial charge in [0.1, 0.15) is 10.0 Å². The summed E-state index contributed by atoms with van der Waals surface area (Å²) in [5, 5.41) is 11.3. The molecule has 0 atom stereocenters. The second kappa shape index (κ2) is 4.42. The molecule has 0 amide bonds. The average molecular weight is 214 g/mol. The van der Waals surface area contributed by atoms with Gasteiger partial charge >= 0.3 is 0 Å². The Morgan fingerprint density at radius 3 is 2.77 bits per heavy atom. The number of rotatable bonds is 3. The van der Waals surface area contributed by atoms with Crippen LogP contribution in [-0.2, 0) is 5.75 Å². The summed E-state index contributed by atoms with van der Waals surface area (Å²) in [6.45, 7) is 2.02. The van der Waals surface area contributed by atoms with Gasteiger partial charge in [-0.15, -0.1) is 21.5 Å². The molecule has 0 N–H and O–H groups in total. The zero-order chi connectivity index (χ0) is 9.10. The molecule has 13 heavy (non-hydrogen) atoms. The van der Waals surface area contributed by atoms with E-state index in [1.807, 2.05) is 6.92 Å². The lowest BCUT2D eigenvalue weighted by molar-refractivity contribution is 0.886. The molecule has 1 heterocycles. The minimum Gasteiger partial charge on any atom is -0.151 e. The Morgan fingerprint density at radius 1 is 1.38 bits per heavy atom. The van der Waals surface area contributed by atoms with Crippen LogP contribution in [-0.4, -0.2) is 15.4 Å². The third-order valence-electron chi connectivity index (χ3n) is 2.31. The van der Waals surface area contributed by atoms with E-state index in [-0.39, 0.29) is 0 Å². The van der Waals surface area contributed by atoms with Crippen LogP contribution in [0.5, 0.6) is 0 Å². The standard InChI is InChI=1S/C9H14N2S2/c1-7-10-11-9(13-7)6-12-8-4-2-3-5-8/h8H,2-6H2,1H3. The number of aryl methyl sites for hydroxylation is 1. The number of hydrogen-bond acceptors (Lipinski definition) is 4. The molecule has 0 saturated heterocycles. The molecule has 0 aromatic carbocycles. The smallest absolute Gasteiger partial charge is 0.127 e. The van der Waals surface area contributed by atoms with Crippen LogP contribution in [0.15, 0.2) is 0 Å². The lowest BCUT2D eigenvalue weighted by atomic mass is 10.4. The quantitative estimate of drug-likeness (QED) is 0.773. The summed E-state index contributed by atoms with van der Waals surface area (Å²) in [5.74, 6) is 1.07. The maximum absolute atomic E-state index is 4.12. The zero-order valence-corrected chi connectivity index (χ0v) is 9.46. The summed E-state index contributed by atoms with van der Waals surface area (Å²) in [6, 6.07) is 0. The van der Waals surface area contributed by atoms with Gasteiger partial charge in [-0.05, 0) is 19.8 Å². The van der Waals surface area contributed by atoms with Crippen LogP contribution < -0.4 is 0 Å². The van der Waals surface area contributed by atoms with Crippen molar-refractivity contribution in [3.8, 4) is 0 Å². The molecule has 0 unspecified atom stereocenters. The number of aromatic nitrogens is 2. The fraction of sp³-hybridized carbons (Fsp3) is 0.778. The molecular weight excluding hydrogens is 200 g/mol. The van der Waals surface area contributed by atoms with Crippen molar-refractivity contribution in [1.82, 2.24) is 10.2 Å². The van der Waals surface area contributed by atoms with Crippen molar-refractivity contribution in [1.29, 1.82) is 0 Å². The van der Waals surface area contributed by atoms with Gasteiger partial charge in [-0.3, -0.25) is 0 Å². The van der Waals surface area contributed by atoms with Gasteiger partial charge in [0.15, 0.2) is 0 Å². The van der Waals surface area contributed by atoms with Gasteiger partial charge in [-0.25, -0.2) is 0 Å². The zero-order valence-electron chi connectivity index (χ0n) is 7.82. The summed E-state index contributed by atoms with van der Waals surface area (Å²) >= 11 is 3.79. The molecule has 72 valence electrons. The third-order valence-corrected chi connectivity index (χ3v) is 4.72. The molecule has 1 fully saturated rings. The largest absolute Gasteiger partial charge is 0.151 e. The lowest BCUT2D eigenvalue weighted by Crippen LogP contribution is -1.94. The Morgan fingerprint density at radius 2 is 2.15 bits per heavy atom. The minimum atomic E-state index is 0.893. The first-order valence-electron chi connectivity index (χ1n) is 4.75. The molecule has 1 saturated carbocycles. The molecule has 4 heteroatoms. The van der Waals surface area contributed by atoms with Crippen LogP contribution in [0, 0.1) is 6.92 Å². The number of hydrogen-bond donors (Lipinski definition) is 0. The highest BCUT2D eigenvalue weighted by Gasteiger charge is 2.15. The Balaban J connectivity index is 1.78. The Labute approximate surface area is 87.2 Å². The van der Waals surface area contributed by atoms with E-state index in [1.165, 1.54) is 30.7 Å². The Hall–Kier alpha value is -0.0900. The van der Waals surface area contributed by atoms with Crippen LogP contribution in [0.25, 0.3) is 0 Å². The van der Waals surface area contributed by atoms with Gasteiger partial charge in [0, 0.05) is 11.0 Å². The molecular formula is C9H14N2S2. The number of nitrogens with zero attached hydrogens (tertiary/aromatic N) is 2. The van der Waals surface area contributed by atoms with Crippen molar-refractivity contribution in [3.05, 3.63) is 10.0 Å². The first kappa shape index (κ1) is 9.46. The molecule has 0 bridgehead atoms. The first-order chi connectivity index (χ1) is 6.34. The first-order valence-corrected chi connectivity index (χ1v) is 6.62. The van der Waals surface area contributed by atoms with E-state index < -0.39 is 0 Å². The Bertz CT molecular complexity index is 266. The van der Waals surface area contributed by atoms with Crippen molar-refractivity contribution < 1.29 is 0 Å². The van der Waals surface area contributed by atoms with E-state index in [0.717, 1.165) is 16.0 Å². The summed E-state index contributed by atoms with van der Waals surface area (Å²) < 4.78 is 0. The second-order valence-corrected chi connectivity index (χ2v) is 5.99. The normalized spacial score (nSPS) is 18.2.